The number of benzene rings is 1. The Kier molecular flexibility index (Phi) is 7.03. The van der Waals surface area contributed by atoms with Crippen LogP contribution in [0.5, 0.6) is 0 Å². The number of anilines is 1. The lowest BCUT2D eigenvalue weighted by molar-refractivity contribution is 0.311. The summed E-state index contributed by atoms with van der Waals surface area (Å²) in [6.45, 7) is 8.22. The molecule has 0 bridgehead atoms. The average Bonchev–Trinajstić information content (AvgIpc) is 2.58. The van der Waals surface area contributed by atoms with Gasteiger partial charge in [0.2, 0.25) is 0 Å². The first-order chi connectivity index (χ1) is 11.2. The van der Waals surface area contributed by atoms with Crippen molar-refractivity contribution in [3.8, 4) is 0 Å². The van der Waals surface area contributed by atoms with Crippen molar-refractivity contribution in [1.29, 1.82) is 0 Å². The van der Waals surface area contributed by atoms with E-state index in [4.69, 9.17) is 0 Å². The average molecular weight is 347 g/mol. The zero-order valence-electron chi connectivity index (χ0n) is 14.5. The van der Waals surface area contributed by atoms with E-state index in [1.54, 1.807) is 0 Å². The van der Waals surface area contributed by atoms with Gasteiger partial charge in [-0.1, -0.05) is 30.3 Å². The van der Waals surface area contributed by atoms with Gasteiger partial charge >= 0.3 is 0 Å². The van der Waals surface area contributed by atoms with Crippen molar-refractivity contribution < 1.29 is 0 Å². The van der Waals surface area contributed by atoms with Crippen LogP contribution in [0.15, 0.2) is 42.6 Å². The van der Waals surface area contributed by atoms with E-state index in [1.165, 1.54) is 16.7 Å². The van der Waals surface area contributed by atoms with Gasteiger partial charge in [-0.25, -0.2) is 4.98 Å². The molecular weight excluding hydrogens is 320 g/mol. The van der Waals surface area contributed by atoms with Crippen molar-refractivity contribution in [2.24, 2.45) is 0 Å². The lowest BCUT2D eigenvalue weighted by Gasteiger charge is -2.34. The van der Waals surface area contributed by atoms with Gasteiger partial charge in [0.25, 0.3) is 0 Å². The topological polar surface area (TPSA) is 31.4 Å². The fraction of sp³-hybridized carbons (Fsp3) is 0.421. The van der Waals surface area contributed by atoms with Crippen LogP contribution < -0.4 is 10.2 Å². The number of nitrogens with zero attached hydrogens (tertiary/aromatic N) is 3. The van der Waals surface area contributed by atoms with Crippen LogP contribution in [0, 0.1) is 6.92 Å². The van der Waals surface area contributed by atoms with Crippen molar-refractivity contribution in [2.45, 2.75) is 20.0 Å². The first kappa shape index (κ1) is 18.7. The van der Waals surface area contributed by atoms with Crippen molar-refractivity contribution in [3.63, 3.8) is 0 Å². The van der Waals surface area contributed by atoms with Gasteiger partial charge in [-0.15, -0.1) is 12.4 Å². The largest absolute Gasteiger partial charge is 0.354 e. The number of aryl methyl sites for hydroxylation is 1. The highest BCUT2D eigenvalue weighted by Crippen LogP contribution is 2.19. The maximum absolute atomic E-state index is 4.64. The third-order valence-electron chi connectivity index (χ3n) is 4.56. The number of aromatic nitrogens is 1. The number of nitrogens with one attached hydrogen (secondary N) is 1. The van der Waals surface area contributed by atoms with Crippen LogP contribution >= 0.6 is 12.4 Å². The summed E-state index contributed by atoms with van der Waals surface area (Å²) >= 11 is 0. The number of pyridine rings is 1. The van der Waals surface area contributed by atoms with Crippen LogP contribution in [-0.4, -0.2) is 43.1 Å². The van der Waals surface area contributed by atoms with Crippen molar-refractivity contribution in [2.75, 3.05) is 38.1 Å². The Morgan fingerprint density at radius 3 is 2.38 bits per heavy atom. The molecule has 4 nitrogen and oxygen atoms in total. The summed E-state index contributed by atoms with van der Waals surface area (Å²) in [4.78, 5) is 9.42. The maximum atomic E-state index is 4.64. The van der Waals surface area contributed by atoms with Crippen LogP contribution in [0.25, 0.3) is 0 Å². The molecule has 0 radical (unpaired) electrons. The number of likely N-dealkylation sites (N-methyl/N-ethyl adjacent to an activating group) is 1. The van der Waals surface area contributed by atoms with Gasteiger partial charge in [-0.05, 0) is 31.2 Å². The Bertz CT molecular complexity index is 639. The standard InChI is InChI=1S/C19H26N4.ClH/c1-16-6-3-4-7-17(16)14-20-15-18-8-5-9-21-19(18)23-12-10-22(2)11-13-23;/h3-9,20H,10-15H2,1-2H3;1H. The molecule has 0 spiro atoms. The summed E-state index contributed by atoms with van der Waals surface area (Å²) in [5.41, 5.74) is 3.98. The van der Waals surface area contributed by atoms with E-state index in [9.17, 15) is 0 Å². The van der Waals surface area contributed by atoms with Crippen LogP contribution in [0.2, 0.25) is 0 Å². The fourth-order valence-corrected chi connectivity index (χ4v) is 3.01. The molecule has 1 aromatic carbocycles. The smallest absolute Gasteiger partial charge is 0.133 e. The van der Waals surface area contributed by atoms with Gasteiger partial charge in [0.05, 0.1) is 0 Å². The molecular formula is C19H27ClN4. The normalized spacial score (nSPS) is 15.2. The molecule has 24 heavy (non-hydrogen) atoms. The van der Waals surface area contributed by atoms with E-state index >= 15 is 0 Å². The zero-order valence-corrected chi connectivity index (χ0v) is 15.4. The molecule has 1 N–H and O–H groups in total. The molecule has 0 atom stereocenters. The molecule has 0 amide bonds. The van der Waals surface area contributed by atoms with Gasteiger partial charge in [-0.3, -0.25) is 0 Å². The lowest BCUT2D eigenvalue weighted by atomic mass is 10.1. The van der Waals surface area contributed by atoms with Crippen molar-refractivity contribution >= 4 is 18.2 Å². The minimum Gasteiger partial charge on any atom is -0.354 e. The molecule has 2 heterocycles. The number of hydrogen-bond donors (Lipinski definition) is 1. The molecule has 0 aliphatic carbocycles. The minimum absolute atomic E-state index is 0. The highest BCUT2D eigenvalue weighted by molar-refractivity contribution is 5.85. The molecule has 130 valence electrons. The lowest BCUT2D eigenvalue weighted by Crippen LogP contribution is -2.45. The molecule has 0 saturated carbocycles. The number of hydrogen-bond acceptors (Lipinski definition) is 4. The molecule has 5 heteroatoms. The quantitative estimate of drug-likeness (QED) is 0.902. The first-order valence-electron chi connectivity index (χ1n) is 8.36. The summed E-state index contributed by atoms with van der Waals surface area (Å²) in [5.74, 6) is 1.14. The zero-order chi connectivity index (χ0) is 16.1. The summed E-state index contributed by atoms with van der Waals surface area (Å²) in [7, 11) is 2.18. The first-order valence-corrected chi connectivity index (χ1v) is 8.36. The van der Waals surface area contributed by atoms with Gasteiger partial charge in [-0.2, -0.15) is 0 Å². The van der Waals surface area contributed by atoms with Gasteiger partial charge in [0.15, 0.2) is 0 Å². The molecule has 1 saturated heterocycles. The molecule has 3 rings (SSSR count). The Balaban J connectivity index is 0.00000208. The van der Waals surface area contributed by atoms with E-state index in [0.717, 1.165) is 45.1 Å². The number of halogens is 1. The second-order valence-corrected chi connectivity index (χ2v) is 6.31. The van der Waals surface area contributed by atoms with E-state index in [0.29, 0.717) is 0 Å². The SMILES string of the molecule is Cc1ccccc1CNCc1cccnc1N1CCN(C)CC1.Cl. The van der Waals surface area contributed by atoms with E-state index in [-0.39, 0.29) is 12.4 Å². The summed E-state index contributed by atoms with van der Waals surface area (Å²) in [5, 5.41) is 3.57. The Hall–Kier alpha value is -1.62. The van der Waals surface area contributed by atoms with Crippen molar-refractivity contribution in [1.82, 2.24) is 15.2 Å². The second-order valence-electron chi connectivity index (χ2n) is 6.31. The molecule has 1 aromatic heterocycles. The fourth-order valence-electron chi connectivity index (χ4n) is 3.01. The molecule has 1 aliphatic rings. The molecule has 0 unspecified atom stereocenters. The van der Waals surface area contributed by atoms with Crippen LogP contribution in [0.1, 0.15) is 16.7 Å². The van der Waals surface area contributed by atoms with Gasteiger partial charge in [0, 0.05) is 51.0 Å². The van der Waals surface area contributed by atoms with Crippen LogP contribution in [0.4, 0.5) is 5.82 Å². The summed E-state index contributed by atoms with van der Waals surface area (Å²) in [6.07, 6.45) is 1.90. The van der Waals surface area contributed by atoms with E-state index in [1.807, 2.05) is 12.3 Å². The molecule has 2 aromatic rings. The number of piperazine rings is 1. The van der Waals surface area contributed by atoms with E-state index < -0.39 is 0 Å². The van der Waals surface area contributed by atoms with Gasteiger partial charge in [0.1, 0.15) is 5.82 Å². The third-order valence-corrected chi connectivity index (χ3v) is 4.56. The van der Waals surface area contributed by atoms with Gasteiger partial charge < -0.3 is 15.1 Å². The predicted molar refractivity (Wildman–Crippen MR) is 103 cm³/mol. The molecule has 1 fully saturated rings. The summed E-state index contributed by atoms with van der Waals surface area (Å²) < 4.78 is 0. The van der Waals surface area contributed by atoms with Crippen molar-refractivity contribution in [3.05, 3.63) is 59.3 Å². The molecule has 1 aliphatic heterocycles. The summed E-state index contributed by atoms with van der Waals surface area (Å²) in [6, 6.07) is 12.8. The minimum atomic E-state index is 0. The Morgan fingerprint density at radius 2 is 1.62 bits per heavy atom. The highest BCUT2D eigenvalue weighted by Gasteiger charge is 2.17. The third kappa shape index (κ3) is 4.69. The monoisotopic (exact) mass is 346 g/mol. The second kappa shape index (κ2) is 9.02. The Labute approximate surface area is 151 Å². The van der Waals surface area contributed by atoms with Crippen LogP contribution in [0.3, 0.4) is 0 Å². The highest BCUT2D eigenvalue weighted by atomic mass is 35.5. The number of rotatable bonds is 5. The maximum Gasteiger partial charge on any atom is 0.133 e. The Morgan fingerprint density at radius 1 is 0.958 bits per heavy atom. The van der Waals surface area contributed by atoms with Crippen LogP contribution in [-0.2, 0) is 13.1 Å². The predicted octanol–water partition coefficient (Wildman–Crippen LogP) is 2.85. The van der Waals surface area contributed by atoms with E-state index in [2.05, 4.69) is 64.4 Å².